The van der Waals surface area contributed by atoms with Gasteiger partial charge in [0.05, 0.1) is 45.1 Å². The van der Waals surface area contributed by atoms with Crippen molar-refractivity contribution < 1.29 is 36.7 Å². The van der Waals surface area contributed by atoms with E-state index < -0.39 is 33.4 Å². The molecule has 0 fully saturated rings. The SMILES string of the molecule is C=Cc1c(/C=C\C)nc(S(=O)Cc2nccc(OCCCOC)c2C)n1S(=O)(=O)c1ccc(OCC(=O)O)cc1.CC. The fourth-order valence-electron chi connectivity index (χ4n) is 3.65. The van der Waals surface area contributed by atoms with Gasteiger partial charge in [-0.3, -0.25) is 9.19 Å². The van der Waals surface area contributed by atoms with Gasteiger partial charge in [-0.2, -0.15) is 0 Å². The normalized spacial score (nSPS) is 11.9. The molecule has 0 aliphatic rings. The maximum Gasteiger partial charge on any atom is 0.341 e. The summed E-state index contributed by atoms with van der Waals surface area (Å²) in [6.07, 6.45) is 6.86. The van der Waals surface area contributed by atoms with Crippen LogP contribution in [0.15, 0.2) is 59.2 Å². The first kappa shape index (κ1) is 34.4. The van der Waals surface area contributed by atoms with Crippen LogP contribution in [-0.2, 0) is 36.1 Å². The Hall–Kier alpha value is -3.81. The number of nitrogens with zero attached hydrogens (tertiary/aromatic N) is 3. The number of aromatic nitrogens is 3. The quantitative estimate of drug-likeness (QED) is 0.237. The molecular weight excluding hydrogens is 582 g/mol. The Bertz CT molecular complexity index is 1510. The summed E-state index contributed by atoms with van der Waals surface area (Å²) in [5, 5.41) is 8.61. The van der Waals surface area contributed by atoms with Crippen molar-refractivity contribution in [1.82, 2.24) is 13.9 Å². The number of pyridine rings is 1. The van der Waals surface area contributed by atoms with Crippen molar-refractivity contribution in [2.75, 3.05) is 26.9 Å². The van der Waals surface area contributed by atoms with E-state index in [-0.39, 0.29) is 32.9 Å². The minimum Gasteiger partial charge on any atom is -0.493 e. The topological polar surface area (TPSA) is 147 Å². The van der Waals surface area contributed by atoms with E-state index in [4.69, 9.17) is 19.3 Å². The fourth-order valence-corrected chi connectivity index (χ4v) is 6.71. The van der Waals surface area contributed by atoms with Crippen LogP contribution in [0.25, 0.3) is 12.2 Å². The van der Waals surface area contributed by atoms with Crippen LogP contribution in [0.5, 0.6) is 11.5 Å². The number of hydrogen-bond acceptors (Lipinski definition) is 9. The lowest BCUT2D eigenvalue weighted by Crippen LogP contribution is -2.19. The minimum atomic E-state index is -4.30. The number of benzene rings is 1. The number of methoxy groups -OCH3 is 1. The van der Waals surface area contributed by atoms with Crippen LogP contribution in [0.3, 0.4) is 0 Å². The Balaban J connectivity index is 0.00000301. The fraction of sp³-hybridized carbons (Fsp3) is 0.345. The van der Waals surface area contributed by atoms with Crippen molar-refractivity contribution in [2.45, 2.75) is 49.9 Å². The second-order valence-corrected chi connectivity index (χ2v) is 11.5. The molecule has 2 heterocycles. The number of carboxylic acid groups (broad SMARTS) is 1. The molecule has 0 bridgehead atoms. The molecule has 1 N–H and O–H groups in total. The maximum atomic E-state index is 13.8. The minimum absolute atomic E-state index is 0.110. The van der Waals surface area contributed by atoms with Crippen LogP contribution in [0, 0.1) is 6.92 Å². The number of hydrogen-bond donors (Lipinski definition) is 1. The number of carboxylic acids is 1. The molecule has 42 heavy (non-hydrogen) atoms. The van der Waals surface area contributed by atoms with E-state index in [1.165, 1.54) is 30.3 Å². The highest BCUT2D eigenvalue weighted by Gasteiger charge is 2.29. The van der Waals surface area contributed by atoms with Crippen LogP contribution >= 0.6 is 0 Å². The zero-order valence-corrected chi connectivity index (χ0v) is 26.0. The van der Waals surface area contributed by atoms with Crippen LogP contribution in [0.2, 0.25) is 0 Å². The second-order valence-electron chi connectivity index (χ2n) is 8.36. The van der Waals surface area contributed by atoms with Crippen LogP contribution in [-0.4, -0.2) is 64.6 Å². The highest BCUT2D eigenvalue weighted by Crippen LogP contribution is 2.28. The smallest absolute Gasteiger partial charge is 0.341 e. The summed E-state index contributed by atoms with van der Waals surface area (Å²) in [5.41, 5.74) is 1.59. The monoisotopic (exact) mass is 619 g/mol. The van der Waals surface area contributed by atoms with E-state index in [2.05, 4.69) is 16.5 Å². The van der Waals surface area contributed by atoms with Gasteiger partial charge in [-0.15, -0.1) is 0 Å². The summed E-state index contributed by atoms with van der Waals surface area (Å²) >= 11 is 0. The van der Waals surface area contributed by atoms with Crippen molar-refractivity contribution in [3.05, 3.63) is 71.8 Å². The second kappa shape index (κ2) is 16.6. The summed E-state index contributed by atoms with van der Waals surface area (Å²) in [7, 11) is -4.63. The first-order valence-corrected chi connectivity index (χ1v) is 15.9. The largest absolute Gasteiger partial charge is 0.493 e. The molecule has 1 unspecified atom stereocenters. The van der Waals surface area contributed by atoms with Gasteiger partial charge in [-0.1, -0.05) is 26.5 Å². The van der Waals surface area contributed by atoms with Crippen molar-refractivity contribution in [3.63, 3.8) is 0 Å². The molecule has 0 aliphatic carbocycles. The molecule has 1 atom stereocenters. The van der Waals surface area contributed by atoms with Gasteiger partial charge >= 0.3 is 5.97 Å². The highest BCUT2D eigenvalue weighted by atomic mass is 32.2. The standard InChI is InChI=1S/C27H31N3O8S2.C2H6/c1-5-8-22-24(6-2)30(40(34,35)21-11-9-20(10-12-21)38-17-26(31)32)27(29-22)39(33)18-23-19(3)25(13-14-28-23)37-16-7-15-36-4;1-2/h5-6,8-14H,2,7,15-18H2,1,3-4H3,(H,31,32);1-2H3/b8-5-;. The average molecular weight is 620 g/mol. The Morgan fingerprint density at radius 1 is 1.14 bits per heavy atom. The Labute approximate surface area is 249 Å². The van der Waals surface area contributed by atoms with E-state index in [9.17, 15) is 17.4 Å². The highest BCUT2D eigenvalue weighted by molar-refractivity contribution is 7.91. The summed E-state index contributed by atoms with van der Waals surface area (Å²) < 4.78 is 58.2. The number of aliphatic carboxylic acids is 1. The number of ether oxygens (including phenoxy) is 3. The zero-order valence-electron chi connectivity index (χ0n) is 24.4. The average Bonchev–Trinajstić information content (AvgIpc) is 3.36. The lowest BCUT2D eigenvalue weighted by atomic mass is 10.2. The first-order chi connectivity index (χ1) is 20.1. The predicted octanol–water partition coefficient (Wildman–Crippen LogP) is 4.71. The molecule has 0 amide bonds. The lowest BCUT2D eigenvalue weighted by Gasteiger charge is -2.14. The molecule has 3 aromatic rings. The van der Waals surface area contributed by atoms with E-state index in [1.54, 1.807) is 45.4 Å². The van der Waals surface area contributed by atoms with Crippen molar-refractivity contribution >= 4 is 38.9 Å². The molecule has 3 rings (SSSR count). The van der Waals surface area contributed by atoms with Crippen molar-refractivity contribution in [2.24, 2.45) is 0 Å². The Morgan fingerprint density at radius 2 is 1.83 bits per heavy atom. The van der Waals surface area contributed by atoms with Crippen LogP contribution in [0.4, 0.5) is 0 Å². The molecule has 0 spiro atoms. The van der Waals surface area contributed by atoms with Gasteiger partial charge in [0.2, 0.25) is 5.16 Å². The molecule has 228 valence electrons. The number of imidazole rings is 1. The molecule has 13 heteroatoms. The van der Waals surface area contributed by atoms with E-state index in [0.29, 0.717) is 36.6 Å². The van der Waals surface area contributed by atoms with Crippen LogP contribution in [0.1, 0.15) is 49.8 Å². The lowest BCUT2D eigenvalue weighted by molar-refractivity contribution is -0.139. The molecule has 11 nitrogen and oxygen atoms in total. The van der Waals surface area contributed by atoms with E-state index in [0.717, 1.165) is 3.97 Å². The van der Waals surface area contributed by atoms with E-state index in [1.807, 2.05) is 13.8 Å². The van der Waals surface area contributed by atoms with Crippen LogP contribution < -0.4 is 9.47 Å². The molecule has 0 saturated carbocycles. The molecule has 0 radical (unpaired) electrons. The molecular formula is C29H37N3O8S2. The van der Waals surface area contributed by atoms with Gasteiger partial charge in [-0.05, 0) is 56.3 Å². The van der Waals surface area contributed by atoms with Gasteiger partial charge < -0.3 is 19.3 Å². The summed E-state index contributed by atoms with van der Waals surface area (Å²) in [6, 6.07) is 6.95. The Kier molecular flexibility index (Phi) is 13.6. The van der Waals surface area contributed by atoms with Gasteiger partial charge in [0, 0.05) is 31.9 Å². The third kappa shape index (κ3) is 8.60. The first-order valence-electron chi connectivity index (χ1n) is 13.2. The third-order valence-electron chi connectivity index (χ3n) is 5.59. The number of carbonyl (C=O) groups is 1. The molecule has 0 saturated heterocycles. The molecule has 2 aromatic heterocycles. The van der Waals surface area contributed by atoms with Gasteiger partial charge in [-0.25, -0.2) is 22.2 Å². The van der Waals surface area contributed by atoms with Gasteiger partial charge in [0.1, 0.15) is 11.5 Å². The summed E-state index contributed by atoms with van der Waals surface area (Å²) in [4.78, 5) is 19.4. The molecule has 0 aliphatic heterocycles. The third-order valence-corrected chi connectivity index (χ3v) is 8.64. The van der Waals surface area contributed by atoms with Crippen molar-refractivity contribution in [3.8, 4) is 11.5 Å². The number of rotatable bonds is 15. The predicted molar refractivity (Wildman–Crippen MR) is 162 cm³/mol. The summed E-state index contributed by atoms with van der Waals surface area (Å²) in [5.74, 6) is -0.510. The number of allylic oxidation sites excluding steroid dienone is 1. The summed E-state index contributed by atoms with van der Waals surface area (Å²) in [6.45, 7) is 11.7. The van der Waals surface area contributed by atoms with Crippen molar-refractivity contribution in [1.29, 1.82) is 0 Å². The van der Waals surface area contributed by atoms with Gasteiger partial charge in [0.25, 0.3) is 10.0 Å². The molecule has 1 aromatic carbocycles. The van der Waals surface area contributed by atoms with E-state index >= 15 is 0 Å². The maximum absolute atomic E-state index is 13.8. The zero-order chi connectivity index (χ0) is 31.3. The van der Waals surface area contributed by atoms with Gasteiger partial charge in [0.15, 0.2) is 6.61 Å². The Morgan fingerprint density at radius 3 is 2.43 bits per heavy atom.